The molecule has 98 valence electrons. The summed E-state index contributed by atoms with van der Waals surface area (Å²) in [5, 5.41) is 8.76. The number of rotatable bonds is 4. The van der Waals surface area contributed by atoms with E-state index in [1.807, 2.05) is 18.2 Å². The Morgan fingerprint density at radius 3 is 2.95 bits per heavy atom. The van der Waals surface area contributed by atoms with Crippen LogP contribution in [0.25, 0.3) is 0 Å². The van der Waals surface area contributed by atoms with Crippen LogP contribution in [0, 0.1) is 11.8 Å². The van der Waals surface area contributed by atoms with E-state index in [0.29, 0.717) is 0 Å². The van der Waals surface area contributed by atoms with Crippen LogP contribution in [0.2, 0.25) is 0 Å². The average molecular weight is 290 g/mol. The number of benzene rings is 1. The van der Waals surface area contributed by atoms with Crippen molar-refractivity contribution in [1.29, 1.82) is 0 Å². The maximum atomic E-state index is 8.76. The highest BCUT2D eigenvalue weighted by atomic mass is 32.2. The van der Waals surface area contributed by atoms with Crippen molar-refractivity contribution < 1.29 is 5.11 Å². The Morgan fingerprint density at radius 1 is 1.37 bits per heavy atom. The van der Waals surface area contributed by atoms with Crippen molar-refractivity contribution in [2.75, 3.05) is 6.61 Å². The van der Waals surface area contributed by atoms with E-state index in [4.69, 9.17) is 5.11 Å². The van der Waals surface area contributed by atoms with Crippen LogP contribution < -0.4 is 0 Å². The Balaban J connectivity index is 2.06. The number of aryl methyl sites for hydroxylation is 1. The summed E-state index contributed by atoms with van der Waals surface area (Å²) in [7, 11) is 0. The topological polar surface area (TPSA) is 46.0 Å². The van der Waals surface area contributed by atoms with E-state index in [9.17, 15) is 0 Å². The largest absolute Gasteiger partial charge is 0.384 e. The van der Waals surface area contributed by atoms with Crippen LogP contribution in [0.3, 0.4) is 0 Å². The molecule has 0 radical (unpaired) electrons. The van der Waals surface area contributed by atoms with Crippen LogP contribution >= 0.6 is 23.3 Å². The van der Waals surface area contributed by atoms with Gasteiger partial charge in [-0.1, -0.05) is 48.7 Å². The lowest BCUT2D eigenvalue weighted by Gasteiger charge is -2.02. The number of aromatic nitrogens is 2. The molecule has 3 nitrogen and oxygen atoms in total. The summed E-state index contributed by atoms with van der Waals surface area (Å²) in [4.78, 5) is 4.43. The zero-order chi connectivity index (χ0) is 13.5. The second-order valence-corrected chi connectivity index (χ2v) is 5.71. The average Bonchev–Trinajstić information content (AvgIpc) is 2.91. The van der Waals surface area contributed by atoms with E-state index in [-0.39, 0.29) is 6.61 Å². The fourth-order valence-corrected chi connectivity index (χ4v) is 3.18. The minimum atomic E-state index is -0.113. The molecule has 0 spiro atoms. The Hall–Kier alpha value is -1.35. The van der Waals surface area contributed by atoms with Crippen LogP contribution in [0.1, 0.15) is 23.9 Å². The molecule has 0 aliphatic rings. The van der Waals surface area contributed by atoms with E-state index in [1.165, 1.54) is 11.5 Å². The molecule has 1 aromatic carbocycles. The van der Waals surface area contributed by atoms with Gasteiger partial charge in [0.2, 0.25) is 0 Å². The molecular weight excluding hydrogens is 276 g/mol. The summed E-state index contributed by atoms with van der Waals surface area (Å²) in [5.74, 6) is 7.37. The van der Waals surface area contributed by atoms with Crippen molar-refractivity contribution in [2.45, 2.75) is 23.4 Å². The van der Waals surface area contributed by atoms with Gasteiger partial charge in [0.05, 0.1) is 0 Å². The van der Waals surface area contributed by atoms with Crippen LogP contribution in [0.4, 0.5) is 0 Å². The number of hydrogen-bond donors (Lipinski definition) is 1. The Kier molecular flexibility index (Phi) is 5.40. The van der Waals surface area contributed by atoms with Crippen molar-refractivity contribution in [3.8, 4) is 11.8 Å². The molecule has 1 aromatic heterocycles. The number of aliphatic hydroxyl groups is 1. The minimum Gasteiger partial charge on any atom is -0.384 e. The molecule has 0 fully saturated rings. The normalized spacial score (nSPS) is 10.0. The smallest absolute Gasteiger partial charge is 0.170 e. The van der Waals surface area contributed by atoms with E-state index in [0.717, 1.165) is 33.5 Å². The molecule has 1 N–H and O–H groups in total. The monoisotopic (exact) mass is 290 g/mol. The van der Waals surface area contributed by atoms with Gasteiger partial charge in [0.15, 0.2) is 4.34 Å². The van der Waals surface area contributed by atoms with Gasteiger partial charge >= 0.3 is 0 Å². The molecule has 19 heavy (non-hydrogen) atoms. The zero-order valence-electron chi connectivity index (χ0n) is 10.6. The summed E-state index contributed by atoms with van der Waals surface area (Å²) >= 11 is 3.11. The quantitative estimate of drug-likeness (QED) is 0.695. The molecule has 0 amide bonds. The minimum absolute atomic E-state index is 0.113. The van der Waals surface area contributed by atoms with Gasteiger partial charge in [-0.3, -0.25) is 0 Å². The van der Waals surface area contributed by atoms with Gasteiger partial charge in [-0.2, -0.15) is 4.37 Å². The standard InChI is InChI=1S/C14H14N2OS2/c1-2-13-15-14(19-16-13)18-10-12-7-4-3-6-11(12)8-5-9-17/h3-4,6-7,17H,2,9-10H2,1H3. The molecule has 2 aromatic rings. The molecule has 1 heterocycles. The van der Waals surface area contributed by atoms with Crippen molar-refractivity contribution in [1.82, 2.24) is 9.36 Å². The van der Waals surface area contributed by atoms with Crippen LogP contribution in [0.5, 0.6) is 0 Å². The van der Waals surface area contributed by atoms with Crippen molar-refractivity contribution in [3.05, 3.63) is 41.2 Å². The third-order valence-electron chi connectivity index (χ3n) is 2.44. The molecule has 2 rings (SSSR count). The zero-order valence-corrected chi connectivity index (χ0v) is 12.2. The van der Waals surface area contributed by atoms with E-state index < -0.39 is 0 Å². The van der Waals surface area contributed by atoms with Gasteiger partial charge in [0, 0.05) is 17.7 Å². The van der Waals surface area contributed by atoms with Crippen molar-refractivity contribution in [2.24, 2.45) is 0 Å². The van der Waals surface area contributed by atoms with Gasteiger partial charge in [0.25, 0.3) is 0 Å². The maximum Gasteiger partial charge on any atom is 0.170 e. The fourth-order valence-electron chi connectivity index (χ4n) is 1.48. The molecular formula is C14H14N2OS2. The van der Waals surface area contributed by atoms with E-state index >= 15 is 0 Å². The van der Waals surface area contributed by atoms with E-state index in [2.05, 4.69) is 34.2 Å². The first-order chi connectivity index (χ1) is 9.33. The third-order valence-corrected chi connectivity index (χ3v) is 4.36. The van der Waals surface area contributed by atoms with Crippen molar-refractivity contribution in [3.63, 3.8) is 0 Å². The Labute approximate surface area is 121 Å². The Bertz CT molecular complexity index is 599. The molecule has 0 unspecified atom stereocenters. The summed E-state index contributed by atoms with van der Waals surface area (Å²) < 4.78 is 5.26. The van der Waals surface area contributed by atoms with Crippen LogP contribution in [0.15, 0.2) is 28.6 Å². The lowest BCUT2D eigenvalue weighted by Crippen LogP contribution is -1.88. The second kappa shape index (κ2) is 7.29. The first-order valence-corrected chi connectivity index (χ1v) is 7.72. The Morgan fingerprint density at radius 2 is 2.21 bits per heavy atom. The molecule has 0 bridgehead atoms. The first kappa shape index (κ1) is 14.1. The highest BCUT2D eigenvalue weighted by Crippen LogP contribution is 2.25. The summed E-state index contributed by atoms with van der Waals surface area (Å²) in [6, 6.07) is 7.97. The number of nitrogens with zero attached hydrogens (tertiary/aromatic N) is 2. The molecule has 0 aliphatic heterocycles. The number of thioether (sulfide) groups is 1. The molecule has 0 saturated heterocycles. The molecule has 0 aliphatic carbocycles. The molecule has 0 saturated carbocycles. The predicted octanol–water partition coefficient (Wildman–Crippen LogP) is 2.74. The second-order valence-electron chi connectivity index (χ2n) is 3.74. The highest BCUT2D eigenvalue weighted by Gasteiger charge is 2.05. The van der Waals surface area contributed by atoms with Crippen LogP contribution in [-0.2, 0) is 12.2 Å². The predicted molar refractivity (Wildman–Crippen MR) is 79.3 cm³/mol. The molecule has 5 heteroatoms. The lowest BCUT2D eigenvalue weighted by molar-refractivity contribution is 0.350. The maximum absolute atomic E-state index is 8.76. The third kappa shape index (κ3) is 4.06. The molecule has 0 atom stereocenters. The van der Waals surface area contributed by atoms with Gasteiger partial charge in [-0.05, 0) is 23.2 Å². The summed E-state index contributed by atoms with van der Waals surface area (Å²) in [5.41, 5.74) is 2.12. The lowest BCUT2D eigenvalue weighted by atomic mass is 10.1. The van der Waals surface area contributed by atoms with Gasteiger partial charge < -0.3 is 5.11 Å². The van der Waals surface area contributed by atoms with E-state index in [1.54, 1.807) is 11.8 Å². The summed E-state index contributed by atoms with van der Waals surface area (Å²) in [6.45, 7) is 1.94. The number of aliphatic hydroxyl groups excluding tert-OH is 1. The van der Waals surface area contributed by atoms with Gasteiger partial charge in [0.1, 0.15) is 12.4 Å². The van der Waals surface area contributed by atoms with Crippen molar-refractivity contribution >= 4 is 23.3 Å². The van der Waals surface area contributed by atoms with Crippen LogP contribution in [-0.4, -0.2) is 21.1 Å². The first-order valence-electron chi connectivity index (χ1n) is 5.96. The highest BCUT2D eigenvalue weighted by molar-refractivity contribution is 8.00. The fraction of sp³-hybridized carbons (Fsp3) is 0.286. The van der Waals surface area contributed by atoms with Gasteiger partial charge in [-0.15, -0.1) is 0 Å². The summed E-state index contributed by atoms with van der Waals surface area (Å²) in [6.07, 6.45) is 0.871. The number of hydrogen-bond acceptors (Lipinski definition) is 5. The van der Waals surface area contributed by atoms with Gasteiger partial charge in [-0.25, -0.2) is 4.98 Å². The SMILES string of the molecule is CCc1nsc(SCc2ccccc2C#CCO)n1.